The fourth-order valence-corrected chi connectivity index (χ4v) is 3.80. The van der Waals surface area contributed by atoms with Crippen LogP contribution in [0.2, 0.25) is 0 Å². The highest BCUT2D eigenvalue weighted by atomic mass is 16.6. The molecule has 1 saturated heterocycles. The molecule has 0 N–H and O–H groups in total. The summed E-state index contributed by atoms with van der Waals surface area (Å²) in [4.78, 5) is 14.7. The summed E-state index contributed by atoms with van der Waals surface area (Å²) in [7, 11) is 0. The molecule has 2 heterocycles. The predicted molar refractivity (Wildman–Crippen MR) is 100 cm³/mol. The number of likely N-dealkylation sites (tertiary alicyclic amines) is 1. The van der Waals surface area contributed by atoms with E-state index in [0.717, 1.165) is 38.1 Å². The van der Waals surface area contributed by atoms with Crippen LogP contribution in [0.15, 0.2) is 54.6 Å². The molecule has 1 unspecified atom stereocenters. The summed E-state index contributed by atoms with van der Waals surface area (Å²) in [6, 6.07) is 18.2. The number of amides is 1. The van der Waals surface area contributed by atoms with Gasteiger partial charge in [0.15, 0.2) is 11.5 Å². The van der Waals surface area contributed by atoms with E-state index in [1.54, 1.807) is 0 Å². The monoisotopic (exact) mass is 351 g/mol. The molecule has 0 radical (unpaired) electrons. The van der Waals surface area contributed by atoms with E-state index in [1.807, 2.05) is 29.2 Å². The average molecular weight is 351 g/mol. The van der Waals surface area contributed by atoms with Crippen LogP contribution in [-0.2, 0) is 11.2 Å². The van der Waals surface area contributed by atoms with Gasteiger partial charge in [0.1, 0.15) is 6.61 Å². The lowest BCUT2D eigenvalue weighted by Crippen LogP contribution is -2.49. The fourth-order valence-electron chi connectivity index (χ4n) is 3.80. The Labute approximate surface area is 154 Å². The lowest BCUT2D eigenvalue weighted by Gasteiger charge is -2.35. The number of carbonyl (C=O) groups excluding carboxylic acids is 1. The number of carbonyl (C=O) groups is 1. The third-order valence-electron chi connectivity index (χ3n) is 5.39. The van der Waals surface area contributed by atoms with Crippen molar-refractivity contribution in [2.24, 2.45) is 5.92 Å². The van der Waals surface area contributed by atoms with E-state index < -0.39 is 6.10 Å². The van der Waals surface area contributed by atoms with E-state index >= 15 is 0 Å². The fraction of sp³-hybridized carbons (Fsp3) is 0.409. The molecule has 4 heteroatoms. The molecule has 1 fully saturated rings. The first-order valence-corrected chi connectivity index (χ1v) is 9.51. The Morgan fingerprint density at radius 2 is 1.65 bits per heavy atom. The van der Waals surface area contributed by atoms with E-state index in [0.29, 0.717) is 18.3 Å². The lowest BCUT2D eigenvalue weighted by atomic mass is 9.90. The molecule has 2 aliphatic rings. The first-order chi connectivity index (χ1) is 12.8. The molecule has 4 nitrogen and oxygen atoms in total. The number of piperidine rings is 1. The number of nitrogens with zero attached hydrogens (tertiary/aromatic N) is 1. The van der Waals surface area contributed by atoms with Crippen molar-refractivity contribution in [1.82, 2.24) is 4.90 Å². The summed E-state index contributed by atoms with van der Waals surface area (Å²) in [5.41, 5.74) is 1.40. The Kier molecular flexibility index (Phi) is 5.09. The topological polar surface area (TPSA) is 38.8 Å². The van der Waals surface area contributed by atoms with Crippen LogP contribution in [0.4, 0.5) is 0 Å². The van der Waals surface area contributed by atoms with Gasteiger partial charge in [-0.25, -0.2) is 0 Å². The third-order valence-corrected chi connectivity index (χ3v) is 5.39. The molecule has 0 spiro atoms. The molecular weight excluding hydrogens is 326 g/mol. The van der Waals surface area contributed by atoms with Gasteiger partial charge >= 0.3 is 0 Å². The highest BCUT2D eigenvalue weighted by Gasteiger charge is 2.32. The quantitative estimate of drug-likeness (QED) is 0.843. The van der Waals surface area contributed by atoms with Crippen molar-refractivity contribution in [3.8, 4) is 11.5 Å². The van der Waals surface area contributed by atoms with Crippen LogP contribution < -0.4 is 9.47 Å². The van der Waals surface area contributed by atoms with Gasteiger partial charge in [0, 0.05) is 13.1 Å². The SMILES string of the molecule is O=C(C1COc2ccccc2O1)N1CCC(CCc2ccccc2)CC1. The van der Waals surface area contributed by atoms with Crippen molar-refractivity contribution in [3.05, 3.63) is 60.2 Å². The molecule has 2 aromatic rings. The van der Waals surface area contributed by atoms with Crippen molar-refractivity contribution in [3.63, 3.8) is 0 Å². The number of rotatable bonds is 4. The number of benzene rings is 2. The molecule has 1 atom stereocenters. The number of hydrogen-bond acceptors (Lipinski definition) is 3. The van der Waals surface area contributed by atoms with Crippen molar-refractivity contribution in [2.45, 2.75) is 31.8 Å². The zero-order valence-corrected chi connectivity index (χ0v) is 15.0. The standard InChI is InChI=1S/C22H25NO3/c24-22(21-16-25-19-8-4-5-9-20(19)26-21)23-14-12-18(13-15-23)11-10-17-6-2-1-3-7-17/h1-9,18,21H,10-16H2. The number of ether oxygens (including phenoxy) is 2. The molecule has 0 saturated carbocycles. The minimum atomic E-state index is -0.522. The second kappa shape index (κ2) is 7.81. The maximum atomic E-state index is 12.8. The maximum absolute atomic E-state index is 12.8. The molecule has 2 aliphatic heterocycles. The average Bonchev–Trinajstić information content (AvgIpc) is 2.72. The maximum Gasteiger partial charge on any atom is 0.267 e. The molecule has 26 heavy (non-hydrogen) atoms. The number of hydrogen-bond donors (Lipinski definition) is 0. The van der Waals surface area contributed by atoms with Crippen molar-refractivity contribution < 1.29 is 14.3 Å². The van der Waals surface area contributed by atoms with Gasteiger partial charge in [0.25, 0.3) is 5.91 Å². The smallest absolute Gasteiger partial charge is 0.267 e. The summed E-state index contributed by atoms with van der Waals surface area (Å²) in [5, 5.41) is 0. The molecule has 1 amide bonds. The van der Waals surface area contributed by atoms with Gasteiger partial charge in [0.2, 0.25) is 6.10 Å². The van der Waals surface area contributed by atoms with Gasteiger partial charge in [0.05, 0.1) is 0 Å². The van der Waals surface area contributed by atoms with E-state index in [9.17, 15) is 4.79 Å². The van der Waals surface area contributed by atoms with Gasteiger partial charge in [-0.15, -0.1) is 0 Å². The highest BCUT2D eigenvalue weighted by Crippen LogP contribution is 2.32. The van der Waals surface area contributed by atoms with Crippen LogP contribution in [0.25, 0.3) is 0 Å². The summed E-state index contributed by atoms with van der Waals surface area (Å²) in [6.45, 7) is 1.93. The Bertz CT molecular complexity index is 738. The Morgan fingerprint density at radius 1 is 0.962 bits per heavy atom. The van der Waals surface area contributed by atoms with Gasteiger partial charge in [-0.3, -0.25) is 4.79 Å². The molecule has 0 bridgehead atoms. The summed E-state index contributed by atoms with van der Waals surface area (Å²) < 4.78 is 11.5. The highest BCUT2D eigenvalue weighted by molar-refractivity contribution is 5.82. The Morgan fingerprint density at radius 3 is 2.42 bits per heavy atom. The van der Waals surface area contributed by atoms with E-state index in [4.69, 9.17) is 9.47 Å². The molecule has 2 aromatic carbocycles. The number of para-hydroxylation sites is 2. The zero-order chi connectivity index (χ0) is 17.8. The van der Waals surface area contributed by atoms with E-state index in [2.05, 4.69) is 30.3 Å². The van der Waals surface area contributed by atoms with E-state index in [1.165, 1.54) is 12.0 Å². The Hall–Kier alpha value is -2.49. The molecular formula is C22H25NO3. The first-order valence-electron chi connectivity index (χ1n) is 9.51. The largest absolute Gasteiger partial charge is 0.485 e. The van der Waals surface area contributed by atoms with Crippen LogP contribution in [-0.4, -0.2) is 36.6 Å². The van der Waals surface area contributed by atoms with E-state index in [-0.39, 0.29) is 5.91 Å². The van der Waals surface area contributed by atoms with Crippen LogP contribution in [0.1, 0.15) is 24.8 Å². The van der Waals surface area contributed by atoms with Crippen molar-refractivity contribution in [2.75, 3.05) is 19.7 Å². The third kappa shape index (κ3) is 3.85. The summed E-state index contributed by atoms with van der Waals surface area (Å²) in [5.74, 6) is 2.13. The first kappa shape index (κ1) is 17.0. The van der Waals surface area contributed by atoms with Crippen LogP contribution >= 0.6 is 0 Å². The number of fused-ring (bicyclic) bond motifs is 1. The van der Waals surface area contributed by atoms with Crippen LogP contribution in [0.5, 0.6) is 11.5 Å². The normalized spacial score (nSPS) is 20.0. The minimum Gasteiger partial charge on any atom is -0.485 e. The second-order valence-electron chi connectivity index (χ2n) is 7.16. The molecule has 4 rings (SSSR count). The minimum absolute atomic E-state index is 0.0565. The lowest BCUT2D eigenvalue weighted by molar-refractivity contribution is -0.142. The zero-order valence-electron chi connectivity index (χ0n) is 15.0. The van der Waals surface area contributed by atoms with Gasteiger partial charge in [-0.2, -0.15) is 0 Å². The molecule has 0 aliphatic carbocycles. The summed E-state index contributed by atoms with van der Waals surface area (Å²) >= 11 is 0. The van der Waals surface area contributed by atoms with Gasteiger partial charge in [-0.1, -0.05) is 42.5 Å². The number of aryl methyl sites for hydroxylation is 1. The van der Waals surface area contributed by atoms with Crippen molar-refractivity contribution in [1.29, 1.82) is 0 Å². The predicted octanol–water partition coefficient (Wildman–Crippen LogP) is 3.70. The Balaban J connectivity index is 1.26. The molecule has 136 valence electrons. The van der Waals surface area contributed by atoms with Gasteiger partial charge in [-0.05, 0) is 49.3 Å². The van der Waals surface area contributed by atoms with Crippen LogP contribution in [0.3, 0.4) is 0 Å². The van der Waals surface area contributed by atoms with Crippen molar-refractivity contribution >= 4 is 5.91 Å². The summed E-state index contributed by atoms with van der Waals surface area (Å²) in [6.07, 6.45) is 3.94. The molecule has 0 aromatic heterocycles. The van der Waals surface area contributed by atoms with Gasteiger partial charge < -0.3 is 14.4 Å². The van der Waals surface area contributed by atoms with Crippen LogP contribution in [0, 0.1) is 5.92 Å². The second-order valence-corrected chi connectivity index (χ2v) is 7.16.